The first-order valence-corrected chi connectivity index (χ1v) is 8.40. The largest absolute Gasteiger partial charge is 0.573 e. The van der Waals surface area contributed by atoms with Gasteiger partial charge in [0.05, 0.1) is 17.1 Å². The minimum absolute atomic E-state index is 0.266. The molecule has 0 spiro atoms. The Labute approximate surface area is 153 Å². The molecule has 0 saturated carbocycles. The molecular formula is C20H16F3N3O. The summed E-state index contributed by atoms with van der Waals surface area (Å²) in [4.78, 5) is 4.56. The highest BCUT2D eigenvalue weighted by atomic mass is 19.4. The number of hydrogen-bond donors (Lipinski definition) is 0. The van der Waals surface area contributed by atoms with Crippen LogP contribution >= 0.6 is 0 Å². The summed E-state index contributed by atoms with van der Waals surface area (Å²) in [7, 11) is 0. The highest BCUT2D eigenvalue weighted by molar-refractivity contribution is 6.14. The topological polar surface area (TPSA) is 39.4 Å². The molecule has 0 saturated heterocycles. The van der Waals surface area contributed by atoms with Crippen molar-refractivity contribution >= 4 is 5.71 Å². The van der Waals surface area contributed by atoms with E-state index in [2.05, 4.69) is 9.72 Å². The van der Waals surface area contributed by atoms with Crippen molar-refractivity contribution in [2.45, 2.75) is 26.6 Å². The maximum Gasteiger partial charge on any atom is 0.573 e. The molecule has 0 amide bonds. The average molecular weight is 371 g/mol. The number of hydrogen-bond acceptors (Lipinski definition) is 3. The van der Waals surface area contributed by atoms with Gasteiger partial charge in [-0.05, 0) is 31.5 Å². The van der Waals surface area contributed by atoms with Gasteiger partial charge in [-0.15, -0.1) is 13.2 Å². The first kappa shape index (κ1) is 17.3. The Bertz CT molecular complexity index is 1040. The van der Waals surface area contributed by atoms with Crippen molar-refractivity contribution in [2.24, 2.45) is 5.10 Å². The Morgan fingerprint density at radius 3 is 2.48 bits per heavy atom. The molecule has 1 aliphatic rings. The zero-order chi connectivity index (χ0) is 19.2. The Balaban J connectivity index is 1.93. The van der Waals surface area contributed by atoms with Crippen molar-refractivity contribution in [3.63, 3.8) is 0 Å². The summed E-state index contributed by atoms with van der Waals surface area (Å²) < 4.78 is 43.9. The fourth-order valence-corrected chi connectivity index (χ4v) is 3.18. The van der Waals surface area contributed by atoms with Crippen molar-refractivity contribution < 1.29 is 17.9 Å². The van der Waals surface area contributed by atoms with Gasteiger partial charge in [0.2, 0.25) is 0 Å². The second kappa shape index (κ2) is 6.26. The summed E-state index contributed by atoms with van der Waals surface area (Å²) >= 11 is 0. The van der Waals surface area contributed by atoms with Gasteiger partial charge >= 0.3 is 6.36 Å². The fourth-order valence-electron chi connectivity index (χ4n) is 3.18. The van der Waals surface area contributed by atoms with Crippen LogP contribution < -0.4 is 4.74 Å². The number of alkyl halides is 3. The zero-order valence-corrected chi connectivity index (χ0v) is 14.7. The van der Waals surface area contributed by atoms with Gasteiger partial charge in [-0.1, -0.05) is 36.4 Å². The first-order chi connectivity index (χ1) is 12.8. The summed E-state index contributed by atoms with van der Waals surface area (Å²) in [6.07, 6.45) is -4.28. The molecule has 3 aromatic rings. The van der Waals surface area contributed by atoms with E-state index in [4.69, 9.17) is 5.10 Å². The van der Waals surface area contributed by atoms with Crippen molar-refractivity contribution in [2.75, 3.05) is 0 Å². The molecule has 7 heteroatoms. The number of ether oxygens (including phenoxy) is 1. The Hall–Kier alpha value is -3.09. The SMILES string of the molecule is Cc1nc2n(c1C)N=C(c1ccccc1)c1cc(OC(F)(F)F)ccc1C2. The van der Waals surface area contributed by atoms with Crippen LogP contribution in [0.15, 0.2) is 53.6 Å². The van der Waals surface area contributed by atoms with E-state index in [-0.39, 0.29) is 5.75 Å². The third-order valence-corrected chi connectivity index (χ3v) is 4.55. The third-order valence-electron chi connectivity index (χ3n) is 4.55. The molecule has 2 heterocycles. The van der Waals surface area contributed by atoms with Crippen LogP contribution in [0.3, 0.4) is 0 Å². The number of imidazole rings is 1. The standard InChI is InChI=1S/C20H16F3N3O/c1-12-13(2)26-18(24-12)10-15-8-9-16(27-20(21,22)23)11-17(15)19(25-26)14-6-4-3-5-7-14/h3-9,11H,10H2,1-2H3. The molecule has 0 fully saturated rings. The lowest BCUT2D eigenvalue weighted by Crippen LogP contribution is -2.17. The molecule has 0 bridgehead atoms. The van der Waals surface area contributed by atoms with Crippen molar-refractivity contribution in [1.29, 1.82) is 0 Å². The number of rotatable bonds is 2. The molecule has 4 rings (SSSR count). The molecule has 0 aliphatic carbocycles. The van der Waals surface area contributed by atoms with Gasteiger partial charge in [-0.2, -0.15) is 5.10 Å². The van der Waals surface area contributed by atoms with E-state index < -0.39 is 6.36 Å². The Morgan fingerprint density at radius 1 is 1.04 bits per heavy atom. The minimum atomic E-state index is -4.75. The second-order valence-electron chi connectivity index (χ2n) is 6.37. The smallest absolute Gasteiger partial charge is 0.406 e. The van der Waals surface area contributed by atoms with Crippen molar-refractivity contribution in [3.8, 4) is 5.75 Å². The highest BCUT2D eigenvalue weighted by Crippen LogP contribution is 2.30. The molecule has 138 valence electrons. The summed E-state index contributed by atoms with van der Waals surface area (Å²) in [6.45, 7) is 3.84. The second-order valence-corrected chi connectivity index (χ2v) is 6.37. The number of aromatic nitrogens is 2. The first-order valence-electron chi connectivity index (χ1n) is 8.40. The number of fused-ring (bicyclic) bond motifs is 2. The van der Waals surface area contributed by atoms with Gasteiger partial charge in [0, 0.05) is 17.5 Å². The van der Waals surface area contributed by atoms with Gasteiger partial charge < -0.3 is 4.74 Å². The molecule has 1 aromatic heterocycles. The Kier molecular flexibility index (Phi) is 4.02. The molecule has 1 aliphatic heterocycles. The van der Waals surface area contributed by atoms with E-state index in [1.54, 1.807) is 10.7 Å². The number of benzene rings is 2. The maximum absolute atomic E-state index is 12.7. The van der Waals surface area contributed by atoms with Crippen LogP contribution in [0.5, 0.6) is 5.75 Å². The third kappa shape index (κ3) is 3.32. The van der Waals surface area contributed by atoms with Crippen LogP contribution in [0.1, 0.15) is 33.9 Å². The average Bonchev–Trinajstić information content (AvgIpc) is 2.78. The van der Waals surface area contributed by atoms with Crippen LogP contribution in [0.4, 0.5) is 13.2 Å². The van der Waals surface area contributed by atoms with E-state index >= 15 is 0 Å². The lowest BCUT2D eigenvalue weighted by molar-refractivity contribution is -0.274. The zero-order valence-electron chi connectivity index (χ0n) is 14.7. The van der Waals surface area contributed by atoms with Crippen LogP contribution in [0.25, 0.3) is 0 Å². The summed E-state index contributed by atoms with van der Waals surface area (Å²) in [5.41, 5.74) is 4.61. The normalized spacial score (nSPS) is 13.4. The monoisotopic (exact) mass is 371 g/mol. The fraction of sp³-hybridized carbons (Fsp3) is 0.200. The van der Waals surface area contributed by atoms with E-state index in [1.165, 1.54) is 12.1 Å². The molecule has 0 atom stereocenters. The number of aryl methyl sites for hydroxylation is 1. The summed E-state index contributed by atoms with van der Waals surface area (Å²) in [6, 6.07) is 13.7. The number of nitrogens with zero attached hydrogens (tertiary/aromatic N) is 3. The Morgan fingerprint density at radius 2 is 1.78 bits per heavy atom. The van der Waals surface area contributed by atoms with Gasteiger partial charge in [0.15, 0.2) is 0 Å². The molecule has 2 aromatic carbocycles. The van der Waals surface area contributed by atoms with Crippen molar-refractivity contribution in [1.82, 2.24) is 9.66 Å². The molecule has 0 unspecified atom stereocenters. The van der Waals surface area contributed by atoms with Gasteiger partial charge in [-0.3, -0.25) is 0 Å². The lowest BCUT2D eigenvalue weighted by atomic mass is 9.96. The number of halogens is 3. The molecule has 4 nitrogen and oxygen atoms in total. The molecule has 0 radical (unpaired) electrons. The molecular weight excluding hydrogens is 355 g/mol. The van der Waals surface area contributed by atoms with E-state index in [1.807, 2.05) is 44.2 Å². The van der Waals surface area contributed by atoms with Crippen LogP contribution in [-0.4, -0.2) is 21.7 Å². The molecule has 27 heavy (non-hydrogen) atoms. The van der Waals surface area contributed by atoms with E-state index in [0.717, 1.165) is 28.3 Å². The van der Waals surface area contributed by atoms with Gasteiger partial charge in [-0.25, -0.2) is 9.66 Å². The quantitative estimate of drug-likeness (QED) is 0.516. The van der Waals surface area contributed by atoms with Gasteiger partial charge in [0.1, 0.15) is 11.6 Å². The van der Waals surface area contributed by atoms with E-state index in [9.17, 15) is 13.2 Å². The minimum Gasteiger partial charge on any atom is -0.406 e. The van der Waals surface area contributed by atoms with Crippen LogP contribution in [-0.2, 0) is 6.42 Å². The molecule has 0 N–H and O–H groups in total. The lowest BCUT2D eigenvalue weighted by Gasteiger charge is -2.13. The van der Waals surface area contributed by atoms with Crippen LogP contribution in [0, 0.1) is 13.8 Å². The highest BCUT2D eigenvalue weighted by Gasteiger charge is 2.32. The predicted molar refractivity (Wildman–Crippen MR) is 95.1 cm³/mol. The van der Waals surface area contributed by atoms with Gasteiger partial charge in [0.25, 0.3) is 0 Å². The van der Waals surface area contributed by atoms with Crippen molar-refractivity contribution in [3.05, 3.63) is 82.4 Å². The summed E-state index contributed by atoms with van der Waals surface area (Å²) in [5.74, 6) is 0.485. The van der Waals surface area contributed by atoms with Crippen LogP contribution in [0.2, 0.25) is 0 Å². The predicted octanol–water partition coefficient (Wildman–Crippen LogP) is 4.60. The van der Waals surface area contributed by atoms with E-state index in [0.29, 0.717) is 17.7 Å². The maximum atomic E-state index is 12.7. The summed E-state index contributed by atoms with van der Waals surface area (Å²) in [5, 5.41) is 4.74.